The van der Waals surface area contributed by atoms with E-state index in [0.717, 1.165) is 4.47 Å². The van der Waals surface area contributed by atoms with E-state index in [1.54, 1.807) is 12.1 Å². The van der Waals surface area contributed by atoms with E-state index < -0.39 is 5.91 Å². The third-order valence-corrected chi connectivity index (χ3v) is 2.17. The molecule has 3 N–H and O–H groups in total. The van der Waals surface area contributed by atoms with Crippen molar-refractivity contribution in [3.8, 4) is 11.5 Å². The fourth-order valence-corrected chi connectivity index (χ4v) is 1.50. The van der Waals surface area contributed by atoms with Crippen LogP contribution >= 0.6 is 15.9 Å². The molecule has 0 saturated heterocycles. The van der Waals surface area contributed by atoms with Crippen LogP contribution in [0.25, 0.3) is 6.08 Å². The SMILES string of the molecule is COc1cc(Br)cc(/C=C\C(N)=O)c1O. The van der Waals surface area contributed by atoms with Gasteiger partial charge in [0.05, 0.1) is 7.11 Å². The van der Waals surface area contributed by atoms with Gasteiger partial charge in [-0.15, -0.1) is 0 Å². The second-order valence-electron chi connectivity index (χ2n) is 2.78. The first kappa shape index (κ1) is 11.6. The average Bonchev–Trinajstić information content (AvgIpc) is 2.18. The van der Waals surface area contributed by atoms with Crippen LogP contribution in [0.4, 0.5) is 0 Å². The highest BCUT2D eigenvalue weighted by atomic mass is 79.9. The predicted octanol–water partition coefficient (Wildman–Crippen LogP) is 1.66. The van der Waals surface area contributed by atoms with E-state index in [1.807, 2.05) is 0 Å². The minimum Gasteiger partial charge on any atom is -0.504 e. The summed E-state index contributed by atoms with van der Waals surface area (Å²) < 4.78 is 5.68. The molecule has 1 aromatic rings. The van der Waals surface area contributed by atoms with Crippen molar-refractivity contribution >= 4 is 27.9 Å². The number of amides is 1. The minimum absolute atomic E-state index is 0.0294. The Kier molecular flexibility index (Phi) is 3.74. The van der Waals surface area contributed by atoms with Crippen molar-refractivity contribution in [1.82, 2.24) is 0 Å². The van der Waals surface area contributed by atoms with E-state index in [4.69, 9.17) is 10.5 Å². The van der Waals surface area contributed by atoms with Gasteiger partial charge in [-0.3, -0.25) is 4.79 Å². The Labute approximate surface area is 95.5 Å². The van der Waals surface area contributed by atoms with Crippen LogP contribution in [0.2, 0.25) is 0 Å². The number of halogens is 1. The third kappa shape index (κ3) is 2.99. The van der Waals surface area contributed by atoms with E-state index in [-0.39, 0.29) is 5.75 Å². The Morgan fingerprint density at radius 2 is 2.27 bits per heavy atom. The second-order valence-corrected chi connectivity index (χ2v) is 3.70. The number of phenols is 1. The summed E-state index contributed by atoms with van der Waals surface area (Å²) in [5.41, 5.74) is 5.41. The first-order valence-corrected chi connectivity index (χ1v) is 4.88. The Bertz CT molecular complexity index is 415. The predicted molar refractivity (Wildman–Crippen MR) is 60.6 cm³/mol. The van der Waals surface area contributed by atoms with E-state index in [2.05, 4.69) is 15.9 Å². The molecule has 0 aromatic heterocycles. The number of carbonyl (C=O) groups excluding carboxylic acids is 1. The fourth-order valence-electron chi connectivity index (χ4n) is 1.05. The second kappa shape index (κ2) is 4.84. The summed E-state index contributed by atoms with van der Waals surface area (Å²) in [7, 11) is 1.45. The number of nitrogens with two attached hydrogens (primary N) is 1. The van der Waals surface area contributed by atoms with Crippen LogP contribution in [0, 0.1) is 0 Å². The molecule has 5 heteroatoms. The number of hydrogen-bond acceptors (Lipinski definition) is 3. The zero-order valence-electron chi connectivity index (χ0n) is 8.03. The van der Waals surface area contributed by atoms with Crippen molar-refractivity contribution in [1.29, 1.82) is 0 Å². The van der Waals surface area contributed by atoms with Crippen molar-refractivity contribution < 1.29 is 14.6 Å². The quantitative estimate of drug-likeness (QED) is 0.822. The lowest BCUT2D eigenvalue weighted by atomic mass is 10.1. The highest BCUT2D eigenvalue weighted by molar-refractivity contribution is 9.10. The third-order valence-electron chi connectivity index (χ3n) is 1.72. The standard InChI is InChI=1S/C10H10BrNO3/c1-15-8-5-7(11)4-6(10(8)14)2-3-9(12)13/h2-5,14H,1H3,(H2,12,13)/b3-2-. The van der Waals surface area contributed by atoms with Crippen LogP contribution in [0.15, 0.2) is 22.7 Å². The Balaban J connectivity index is 3.17. The van der Waals surface area contributed by atoms with Gasteiger partial charge < -0.3 is 15.6 Å². The van der Waals surface area contributed by atoms with Gasteiger partial charge in [-0.1, -0.05) is 15.9 Å². The summed E-state index contributed by atoms with van der Waals surface area (Å²) in [5, 5.41) is 9.68. The lowest BCUT2D eigenvalue weighted by Gasteiger charge is -2.06. The molecule has 0 aliphatic heterocycles. The van der Waals surface area contributed by atoms with Crippen LogP contribution in [0.5, 0.6) is 11.5 Å². The molecule has 0 aliphatic rings. The van der Waals surface area contributed by atoms with Gasteiger partial charge in [-0.05, 0) is 18.2 Å². The summed E-state index contributed by atoms with van der Waals surface area (Å²) in [5.74, 6) is -0.278. The number of ether oxygens (including phenoxy) is 1. The molecule has 1 aromatic carbocycles. The van der Waals surface area contributed by atoms with Gasteiger partial charge in [-0.2, -0.15) is 0 Å². The van der Waals surface area contributed by atoms with Crippen LogP contribution in [0.1, 0.15) is 5.56 Å². The summed E-state index contributed by atoms with van der Waals surface area (Å²) in [6.45, 7) is 0. The number of carbonyl (C=O) groups is 1. The van der Waals surface area contributed by atoms with Gasteiger partial charge in [-0.25, -0.2) is 0 Å². The van der Waals surface area contributed by atoms with Crippen molar-refractivity contribution in [2.75, 3.05) is 7.11 Å². The fraction of sp³-hybridized carbons (Fsp3) is 0.100. The maximum Gasteiger partial charge on any atom is 0.241 e. The van der Waals surface area contributed by atoms with Gasteiger partial charge in [0.15, 0.2) is 11.5 Å². The van der Waals surface area contributed by atoms with Crippen LogP contribution in [-0.4, -0.2) is 18.1 Å². The summed E-state index contributed by atoms with van der Waals surface area (Å²) in [6.07, 6.45) is 2.59. The van der Waals surface area contributed by atoms with Crippen molar-refractivity contribution in [2.24, 2.45) is 5.73 Å². The largest absolute Gasteiger partial charge is 0.504 e. The van der Waals surface area contributed by atoms with Crippen molar-refractivity contribution in [3.63, 3.8) is 0 Å². The number of phenolic OH excluding ortho intramolecular Hbond substituents is 1. The number of benzene rings is 1. The normalized spacial score (nSPS) is 10.5. The first-order chi connectivity index (χ1) is 7.04. The lowest BCUT2D eigenvalue weighted by molar-refractivity contribution is -0.113. The smallest absolute Gasteiger partial charge is 0.241 e. The Hall–Kier alpha value is -1.49. The highest BCUT2D eigenvalue weighted by Gasteiger charge is 2.07. The molecule has 4 nitrogen and oxygen atoms in total. The summed E-state index contributed by atoms with van der Waals surface area (Å²) in [6, 6.07) is 3.27. The average molecular weight is 272 g/mol. The lowest BCUT2D eigenvalue weighted by Crippen LogP contribution is -2.05. The van der Waals surface area contributed by atoms with E-state index in [9.17, 15) is 9.90 Å². The molecule has 0 heterocycles. The van der Waals surface area contributed by atoms with Crippen LogP contribution < -0.4 is 10.5 Å². The Morgan fingerprint density at radius 1 is 1.60 bits per heavy atom. The van der Waals surface area contributed by atoms with E-state index in [1.165, 1.54) is 19.3 Å². The molecule has 0 spiro atoms. The molecule has 0 fully saturated rings. The molecule has 0 bridgehead atoms. The molecule has 1 rings (SSSR count). The maximum absolute atomic E-state index is 10.5. The monoisotopic (exact) mass is 271 g/mol. The van der Waals surface area contributed by atoms with Gasteiger partial charge in [0, 0.05) is 16.1 Å². The molecule has 1 amide bonds. The maximum atomic E-state index is 10.5. The molecule has 80 valence electrons. The van der Waals surface area contributed by atoms with Crippen LogP contribution in [0.3, 0.4) is 0 Å². The van der Waals surface area contributed by atoms with Crippen molar-refractivity contribution in [2.45, 2.75) is 0 Å². The molecule has 0 radical (unpaired) electrons. The number of hydrogen-bond donors (Lipinski definition) is 2. The number of primary amides is 1. The van der Waals surface area contributed by atoms with Gasteiger partial charge in [0.1, 0.15) is 0 Å². The molecule has 15 heavy (non-hydrogen) atoms. The summed E-state index contributed by atoms with van der Waals surface area (Å²) >= 11 is 3.25. The molecular formula is C10H10BrNO3. The Morgan fingerprint density at radius 3 is 2.80 bits per heavy atom. The zero-order chi connectivity index (χ0) is 11.4. The molecule has 0 saturated carbocycles. The summed E-state index contributed by atoms with van der Waals surface area (Å²) in [4.78, 5) is 10.5. The van der Waals surface area contributed by atoms with Crippen molar-refractivity contribution in [3.05, 3.63) is 28.2 Å². The number of methoxy groups -OCH3 is 1. The highest BCUT2D eigenvalue weighted by Crippen LogP contribution is 2.34. The van der Waals surface area contributed by atoms with Gasteiger partial charge in [0.2, 0.25) is 5.91 Å². The van der Waals surface area contributed by atoms with E-state index in [0.29, 0.717) is 11.3 Å². The number of aromatic hydroxyl groups is 1. The van der Waals surface area contributed by atoms with E-state index >= 15 is 0 Å². The molecule has 0 atom stereocenters. The first-order valence-electron chi connectivity index (χ1n) is 4.08. The van der Waals surface area contributed by atoms with Gasteiger partial charge >= 0.3 is 0 Å². The molecular weight excluding hydrogens is 262 g/mol. The minimum atomic E-state index is -0.576. The molecule has 0 unspecified atom stereocenters. The number of rotatable bonds is 3. The molecule has 0 aliphatic carbocycles. The zero-order valence-corrected chi connectivity index (χ0v) is 9.61. The van der Waals surface area contributed by atoms with Crippen LogP contribution in [-0.2, 0) is 4.79 Å². The topological polar surface area (TPSA) is 72.5 Å². The van der Waals surface area contributed by atoms with Gasteiger partial charge in [0.25, 0.3) is 0 Å².